The lowest BCUT2D eigenvalue weighted by Gasteiger charge is -2.41. The molecule has 0 amide bonds. The largest absolute Gasteiger partial charge is 0.477 e. The number of esters is 4. The first-order valence-corrected chi connectivity index (χ1v) is 10.3. The Kier molecular flexibility index (Phi) is 7.20. The van der Waals surface area contributed by atoms with Crippen LogP contribution in [0.5, 0.6) is 23.0 Å². The second-order valence-electron chi connectivity index (χ2n) is 7.44. The molecule has 11 heteroatoms. The number of benzene rings is 2. The molecule has 0 radical (unpaired) electrons. The molecule has 1 aliphatic rings. The van der Waals surface area contributed by atoms with Crippen LogP contribution in [0.2, 0.25) is 0 Å². The minimum Gasteiger partial charge on any atom is -0.477 e. The third kappa shape index (κ3) is 5.30. The van der Waals surface area contributed by atoms with E-state index in [2.05, 4.69) is 0 Å². The fourth-order valence-electron chi connectivity index (χ4n) is 3.59. The molecule has 184 valence electrons. The first-order chi connectivity index (χ1) is 16.5. The maximum Gasteiger partial charge on any atom is 0.319 e. The monoisotopic (exact) mass is 486 g/mol. The number of ether oxygens (including phenoxy) is 6. The molecule has 1 heterocycles. The van der Waals surface area contributed by atoms with E-state index in [4.69, 9.17) is 28.4 Å². The summed E-state index contributed by atoms with van der Waals surface area (Å²) in [5.41, 5.74) is -0.0237. The first-order valence-electron chi connectivity index (χ1n) is 10.3. The number of carbonyl (C=O) groups is 5. The van der Waals surface area contributed by atoms with Crippen LogP contribution in [-0.2, 0) is 28.7 Å². The topological polar surface area (TPSA) is 141 Å². The van der Waals surface area contributed by atoms with Gasteiger partial charge in [0.1, 0.15) is 28.6 Å². The van der Waals surface area contributed by atoms with Crippen LogP contribution in [0.4, 0.5) is 0 Å². The average molecular weight is 486 g/mol. The molecule has 1 aliphatic heterocycles. The van der Waals surface area contributed by atoms with Gasteiger partial charge < -0.3 is 28.4 Å². The molecule has 2 aromatic carbocycles. The number of hydrogen-bond acceptors (Lipinski definition) is 11. The summed E-state index contributed by atoms with van der Waals surface area (Å²) < 4.78 is 32.2. The van der Waals surface area contributed by atoms with Crippen molar-refractivity contribution in [1.82, 2.24) is 0 Å². The molecule has 0 bridgehead atoms. The standard InChI is InChI=1S/C24H22O11/c1-12(25)31-17-8-6-7-16(9-17)23-24(30-5,35-15(4)28)22(29)21-19(33-14(3)27)10-18(32-13(2)26)11-20(21)34-23/h6-11,23H,1-5H3. The molecule has 3 rings (SSSR count). The molecule has 2 unspecified atom stereocenters. The van der Waals surface area contributed by atoms with Gasteiger partial charge in [-0.05, 0) is 12.1 Å². The van der Waals surface area contributed by atoms with Gasteiger partial charge in [-0.15, -0.1) is 0 Å². The molecule has 0 aliphatic carbocycles. The molecule has 0 saturated heterocycles. The summed E-state index contributed by atoms with van der Waals surface area (Å²) in [4.78, 5) is 60.5. The number of rotatable bonds is 6. The number of Topliss-reactive ketones (excluding diaryl/α,β-unsaturated/α-hetero) is 1. The van der Waals surface area contributed by atoms with E-state index in [1.165, 1.54) is 37.3 Å². The van der Waals surface area contributed by atoms with Gasteiger partial charge in [0.05, 0.1) is 0 Å². The number of hydrogen-bond donors (Lipinski definition) is 0. The second-order valence-corrected chi connectivity index (χ2v) is 7.44. The van der Waals surface area contributed by atoms with Gasteiger partial charge in [0.25, 0.3) is 0 Å². The van der Waals surface area contributed by atoms with E-state index in [1.807, 2.05) is 0 Å². The SMILES string of the molecule is COC1(OC(C)=O)C(=O)c2c(OC(C)=O)cc(OC(C)=O)cc2OC1c1cccc(OC(C)=O)c1. The third-order valence-electron chi connectivity index (χ3n) is 4.71. The summed E-state index contributed by atoms with van der Waals surface area (Å²) in [6, 6.07) is 8.38. The molecule has 0 fully saturated rings. The van der Waals surface area contributed by atoms with Gasteiger partial charge in [0.15, 0.2) is 6.10 Å². The van der Waals surface area contributed by atoms with E-state index in [9.17, 15) is 24.0 Å². The Hall–Kier alpha value is -4.25. The van der Waals surface area contributed by atoms with Crippen LogP contribution in [0, 0.1) is 0 Å². The van der Waals surface area contributed by atoms with Crippen LogP contribution in [0.25, 0.3) is 0 Å². The molecule has 0 aromatic heterocycles. The molecule has 2 aromatic rings. The van der Waals surface area contributed by atoms with Crippen LogP contribution in [0.3, 0.4) is 0 Å². The minimum atomic E-state index is -2.34. The predicted octanol–water partition coefficient (Wildman–Crippen LogP) is 2.68. The molecule has 11 nitrogen and oxygen atoms in total. The Labute approximate surface area is 199 Å². The smallest absolute Gasteiger partial charge is 0.319 e. The number of carbonyl (C=O) groups excluding carboxylic acids is 5. The Morgan fingerprint density at radius 3 is 2.03 bits per heavy atom. The summed E-state index contributed by atoms with van der Waals surface area (Å²) in [6.07, 6.45) is -1.40. The molecular weight excluding hydrogens is 464 g/mol. The Morgan fingerprint density at radius 1 is 0.829 bits per heavy atom. The maximum absolute atomic E-state index is 13.8. The quantitative estimate of drug-likeness (QED) is 0.338. The van der Waals surface area contributed by atoms with E-state index in [0.717, 1.165) is 33.9 Å². The lowest BCUT2D eigenvalue weighted by molar-refractivity contribution is -0.231. The van der Waals surface area contributed by atoms with Gasteiger partial charge in [-0.25, -0.2) is 0 Å². The Bertz CT molecular complexity index is 1220. The van der Waals surface area contributed by atoms with E-state index in [1.54, 1.807) is 0 Å². The summed E-state index contributed by atoms with van der Waals surface area (Å²) in [5.74, 6) is -6.48. The summed E-state index contributed by atoms with van der Waals surface area (Å²) in [5, 5.41) is 0. The minimum absolute atomic E-state index is 0.0647. The molecule has 0 saturated carbocycles. The van der Waals surface area contributed by atoms with Crippen LogP contribution in [0.1, 0.15) is 49.7 Å². The number of ketones is 1. The lowest BCUT2D eigenvalue weighted by atomic mass is 9.89. The van der Waals surface area contributed by atoms with Crippen LogP contribution >= 0.6 is 0 Å². The van der Waals surface area contributed by atoms with E-state index in [0.29, 0.717) is 0 Å². The zero-order valence-electron chi connectivity index (χ0n) is 19.5. The zero-order valence-corrected chi connectivity index (χ0v) is 19.5. The normalized spacial score (nSPS) is 18.5. The van der Waals surface area contributed by atoms with Crippen molar-refractivity contribution in [2.75, 3.05) is 7.11 Å². The second kappa shape index (κ2) is 9.94. The van der Waals surface area contributed by atoms with Gasteiger partial charge in [-0.3, -0.25) is 24.0 Å². The highest BCUT2D eigenvalue weighted by molar-refractivity contribution is 6.09. The fourth-order valence-corrected chi connectivity index (χ4v) is 3.59. The molecular formula is C24H22O11. The summed E-state index contributed by atoms with van der Waals surface area (Å²) in [7, 11) is 1.14. The number of methoxy groups -OCH3 is 1. The molecule has 35 heavy (non-hydrogen) atoms. The summed E-state index contributed by atoms with van der Waals surface area (Å²) >= 11 is 0. The van der Waals surface area contributed by atoms with Crippen molar-refractivity contribution in [1.29, 1.82) is 0 Å². The fraction of sp³-hybridized carbons (Fsp3) is 0.292. The van der Waals surface area contributed by atoms with Crippen molar-refractivity contribution in [3.63, 3.8) is 0 Å². The van der Waals surface area contributed by atoms with Crippen LogP contribution < -0.4 is 18.9 Å². The zero-order chi connectivity index (χ0) is 25.9. The third-order valence-corrected chi connectivity index (χ3v) is 4.71. The highest BCUT2D eigenvalue weighted by Crippen LogP contribution is 2.49. The van der Waals surface area contributed by atoms with Crippen molar-refractivity contribution in [2.45, 2.75) is 39.6 Å². The molecule has 0 N–H and O–H groups in total. The predicted molar refractivity (Wildman–Crippen MR) is 116 cm³/mol. The highest BCUT2D eigenvalue weighted by atomic mass is 16.7. The summed E-state index contributed by atoms with van der Waals surface area (Å²) in [6.45, 7) is 4.57. The Balaban J connectivity index is 2.26. The van der Waals surface area contributed by atoms with Gasteiger partial charge in [-0.2, -0.15) is 0 Å². The molecule has 0 spiro atoms. The van der Waals surface area contributed by atoms with Gasteiger partial charge in [0.2, 0.25) is 5.78 Å². The average Bonchev–Trinajstić information content (AvgIpc) is 2.73. The number of fused-ring (bicyclic) bond motifs is 1. The van der Waals surface area contributed by atoms with Crippen molar-refractivity contribution in [2.24, 2.45) is 0 Å². The van der Waals surface area contributed by atoms with E-state index >= 15 is 0 Å². The molecule has 2 atom stereocenters. The van der Waals surface area contributed by atoms with Crippen molar-refractivity contribution in [3.05, 3.63) is 47.5 Å². The van der Waals surface area contributed by atoms with Crippen molar-refractivity contribution in [3.8, 4) is 23.0 Å². The Morgan fingerprint density at radius 2 is 1.46 bits per heavy atom. The first kappa shape index (κ1) is 25.4. The highest BCUT2D eigenvalue weighted by Gasteiger charge is 2.58. The maximum atomic E-state index is 13.8. The van der Waals surface area contributed by atoms with Gasteiger partial charge in [0, 0.05) is 52.5 Å². The van der Waals surface area contributed by atoms with Crippen LogP contribution in [0.15, 0.2) is 36.4 Å². The van der Waals surface area contributed by atoms with Gasteiger partial charge in [-0.1, -0.05) is 12.1 Å². The van der Waals surface area contributed by atoms with E-state index in [-0.39, 0.29) is 34.1 Å². The van der Waals surface area contributed by atoms with Crippen LogP contribution in [-0.4, -0.2) is 42.6 Å². The van der Waals surface area contributed by atoms with Crippen molar-refractivity contribution < 1.29 is 52.4 Å². The lowest BCUT2D eigenvalue weighted by Crippen LogP contribution is -2.54. The van der Waals surface area contributed by atoms with E-state index < -0.39 is 41.6 Å². The van der Waals surface area contributed by atoms with Crippen molar-refractivity contribution >= 4 is 29.7 Å². The van der Waals surface area contributed by atoms with Gasteiger partial charge >= 0.3 is 29.7 Å².